The van der Waals surface area contributed by atoms with E-state index in [2.05, 4.69) is 0 Å². The van der Waals surface area contributed by atoms with E-state index in [1.54, 1.807) is 18.2 Å². The summed E-state index contributed by atoms with van der Waals surface area (Å²) in [5.41, 5.74) is 0.589. The molecule has 0 saturated carbocycles. The van der Waals surface area contributed by atoms with Gasteiger partial charge in [-0.05, 0) is 19.1 Å². The molecule has 15 heavy (non-hydrogen) atoms. The summed E-state index contributed by atoms with van der Waals surface area (Å²) in [6, 6.07) is 7.28. The minimum absolute atomic E-state index is 0.451. The Morgan fingerprint density at radius 2 is 2.27 bits per heavy atom. The van der Waals surface area contributed by atoms with Gasteiger partial charge in [-0.3, -0.25) is 0 Å². The summed E-state index contributed by atoms with van der Waals surface area (Å²) in [4.78, 5) is 0. The van der Waals surface area contributed by atoms with Crippen LogP contribution in [0.15, 0.2) is 18.2 Å². The maximum absolute atomic E-state index is 8.97. The zero-order chi connectivity index (χ0) is 11.3. The van der Waals surface area contributed by atoms with E-state index in [4.69, 9.17) is 26.3 Å². The predicted molar refractivity (Wildman–Crippen MR) is 58.0 cm³/mol. The molecule has 0 aromatic heterocycles. The van der Waals surface area contributed by atoms with Gasteiger partial charge >= 0.3 is 0 Å². The summed E-state index contributed by atoms with van der Waals surface area (Å²) in [5, 5.41) is 9.45. The molecule has 0 fully saturated rings. The quantitative estimate of drug-likeness (QED) is 0.791. The van der Waals surface area contributed by atoms with Crippen molar-refractivity contribution in [2.75, 3.05) is 13.7 Å². The monoisotopic (exact) mass is 225 g/mol. The van der Waals surface area contributed by atoms with Gasteiger partial charge in [0.2, 0.25) is 0 Å². The van der Waals surface area contributed by atoms with Crippen LogP contribution in [0, 0.1) is 11.3 Å². The first-order valence-electron chi connectivity index (χ1n) is 4.58. The number of halogens is 1. The molecule has 0 aliphatic heterocycles. The fourth-order valence-corrected chi connectivity index (χ4v) is 1.57. The summed E-state index contributed by atoms with van der Waals surface area (Å²) in [6.45, 7) is 2.28. The molecule has 0 bridgehead atoms. The molecule has 4 heteroatoms. The average Bonchev–Trinajstić information content (AvgIpc) is 2.26. The zero-order valence-corrected chi connectivity index (χ0v) is 9.41. The summed E-state index contributed by atoms with van der Waals surface area (Å²) >= 11 is 6.01. The molecule has 0 spiro atoms. The van der Waals surface area contributed by atoms with Crippen LogP contribution >= 0.6 is 11.6 Å². The van der Waals surface area contributed by atoms with E-state index in [-0.39, 0.29) is 0 Å². The third-order valence-electron chi connectivity index (χ3n) is 1.95. The van der Waals surface area contributed by atoms with Crippen LogP contribution in [0.4, 0.5) is 0 Å². The molecule has 0 radical (unpaired) electrons. The van der Waals surface area contributed by atoms with Crippen LogP contribution in [0.5, 0.6) is 5.75 Å². The van der Waals surface area contributed by atoms with Crippen molar-refractivity contribution in [2.45, 2.75) is 13.0 Å². The van der Waals surface area contributed by atoms with Crippen molar-refractivity contribution in [2.24, 2.45) is 0 Å². The van der Waals surface area contributed by atoms with Crippen LogP contribution in [0.2, 0.25) is 5.02 Å². The first-order valence-corrected chi connectivity index (χ1v) is 4.96. The molecule has 3 nitrogen and oxygen atoms in total. The maximum Gasteiger partial charge on any atom is 0.174 e. The second-order valence-corrected chi connectivity index (χ2v) is 3.23. The van der Waals surface area contributed by atoms with Gasteiger partial charge in [-0.25, -0.2) is 0 Å². The van der Waals surface area contributed by atoms with Crippen molar-refractivity contribution in [3.05, 3.63) is 28.8 Å². The molecule has 0 aliphatic carbocycles. The molecule has 1 aromatic carbocycles. The number of ether oxygens (including phenoxy) is 2. The average molecular weight is 226 g/mol. The number of rotatable bonds is 4. The van der Waals surface area contributed by atoms with Gasteiger partial charge in [0, 0.05) is 6.61 Å². The van der Waals surface area contributed by atoms with E-state index in [9.17, 15) is 0 Å². The number of nitriles is 1. The highest BCUT2D eigenvalue weighted by Crippen LogP contribution is 2.33. The lowest BCUT2D eigenvalue weighted by Gasteiger charge is -2.14. The second-order valence-electron chi connectivity index (χ2n) is 2.82. The van der Waals surface area contributed by atoms with Gasteiger partial charge in [-0.15, -0.1) is 0 Å². The Labute approximate surface area is 94.2 Å². The zero-order valence-electron chi connectivity index (χ0n) is 8.66. The Bertz CT molecular complexity index is 373. The van der Waals surface area contributed by atoms with Crippen LogP contribution in [0.25, 0.3) is 0 Å². The van der Waals surface area contributed by atoms with Crippen molar-refractivity contribution in [1.82, 2.24) is 0 Å². The van der Waals surface area contributed by atoms with Gasteiger partial charge in [-0.1, -0.05) is 17.7 Å². The SMILES string of the molecule is CCOC(C#N)c1c(Cl)cccc1OC. The van der Waals surface area contributed by atoms with E-state index < -0.39 is 6.10 Å². The first kappa shape index (κ1) is 11.8. The highest BCUT2D eigenvalue weighted by atomic mass is 35.5. The van der Waals surface area contributed by atoms with Crippen LogP contribution in [0.1, 0.15) is 18.6 Å². The molecule has 0 heterocycles. The molecular weight excluding hydrogens is 214 g/mol. The second kappa shape index (κ2) is 5.59. The highest BCUT2D eigenvalue weighted by molar-refractivity contribution is 6.31. The third-order valence-corrected chi connectivity index (χ3v) is 2.28. The number of nitrogens with zero attached hydrogens (tertiary/aromatic N) is 1. The van der Waals surface area contributed by atoms with Crippen LogP contribution in [-0.4, -0.2) is 13.7 Å². The minimum atomic E-state index is -0.682. The Balaban J connectivity index is 3.15. The molecule has 0 N–H and O–H groups in total. The maximum atomic E-state index is 8.97. The van der Waals surface area contributed by atoms with Crippen molar-refractivity contribution in [3.63, 3.8) is 0 Å². The van der Waals surface area contributed by atoms with Crippen molar-refractivity contribution in [1.29, 1.82) is 5.26 Å². The van der Waals surface area contributed by atoms with Gasteiger partial charge in [0.25, 0.3) is 0 Å². The topological polar surface area (TPSA) is 42.2 Å². The molecule has 1 aromatic rings. The lowest BCUT2D eigenvalue weighted by Crippen LogP contribution is -2.04. The Morgan fingerprint density at radius 1 is 1.53 bits per heavy atom. The van der Waals surface area contributed by atoms with Gasteiger partial charge in [0.05, 0.1) is 23.8 Å². The summed E-state index contributed by atoms with van der Waals surface area (Å²) in [6.07, 6.45) is -0.682. The fraction of sp³-hybridized carbons (Fsp3) is 0.364. The van der Waals surface area contributed by atoms with E-state index in [0.717, 1.165) is 0 Å². The van der Waals surface area contributed by atoms with E-state index in [1.807, 2.05) is 13.0 Å². The molecule has 1 rings (SSSR count). The smallest absolute Gasteiger partial charge is 0.174 e. The first-order chi connectivity index (χ1) is 7.24. The van der Waals surface area contributed by atoms with Crippen molar-refractivity contribution < 1.29 is 9.47 Å². The Hall–Kier alpha value is -1.24. The summed E-state index contributed by atoms with van der Waals surface area (Å²) < 4.78 is 10.4. The number of methoxy groups -OCH3 is 1. The van der Waals surface area contributed by atoms with Gasteiger partial charge in [-0.2, -0.15) is 5.26 Å². The highest BCUT2D eigenvalue weighted by Gasteiger charge is 2.18. The normalized spacial score (nSPS) is 11.9. The molecular formula is C11H12ClNO2. The summed E-state index contributed by atoms with van der Waals surface area (Å²) in [5.74, 6) is 0.572. The molecule has 0 amide bonds. The lowest BCUT2D eigenvalue weighted by atomic mass is 10.1. The Kier molecular flexibility index (Phi) is 4.41. The van der Waals surface area contributed by atoms with E-state index in [0.29, 0.717) is 22.9 Å². The Morgan fingerprint density at radius 3 is 2.80 bits per heavy atom. The van der Waals surface area contributed by atoms with E-state index >= 15 is 0 Å². The molecule has 1 atom stereocenters. The van der Waals surface area contributed by atoms with Gasteiger partial charge < -0.3 is 9.47 Å². The molecule has 80 valence electrons. The van der Waals surface area contributed by atoms with Crippen LogP contribution < -0.4 is 4.74 Å². The summed E-state index contributed by atoms with van der Waals surface area (Å²) in [7, 11) is 1.54. The number of hydrogen-bond donors (Lipinski definition) is 0. The van der Waals surface area contributed by atoms with Gasteiger partial charge in [0.1, 0.15) is 5.75 Å². The largest absolute Gasteiger partial charge is 0.496 e. The van der Waals surface area contributed by atoms with E-state index in [1.165, 1.54) is 7.11 Å². The number of benzene rings is 1. The molecule has 0 aliphatic rings. The van der Waals surface area contributed by atoms with Crippen molar-refractivity contribution >= 4 is 11.6 Å². The third kappa shape index (κ3) is 2.62. The predicted octanol–water partition coefficient (Wildman–Crippen LogP) is 2.95. The van der Waals surface area contributed by atoms with Crippen LogP contribution in [-0.2, 0) is 4.74 Å². The molecule has 0 saturated heterocycles. The van der Waals surface area contributed by atoms with Crippen molar-refractivity contribution in [3.8, 4) is 11.8 Å². The molecule has 1 unspecified atom stereocenters. The minimum Gasteiger partial charge on any atom is -0.496 e. The van der Waals surface area contributed by atoms with Crippen LogP contribution in [0.3, 0.4) is 0 Å². The fourth-order valence-electron chi connectivity index (χ4n) is 1.30. The lowest BCUT2D eigenvalue weighted by molar-refractivity contribution is 0.100. The van der Waals surface area contributed by atoms with Gasteiger partial charge in [0.15, 0.2) is 6.10 Å². The number of hydrogen-bond acceptors (Lipinski definition) is 3. The standard InChI is InChI=1S/C11H12ClNO2/c1-3-15-10(7-13)11-8(12)5-4-6-9(11)14-2/h4-6,10H,3H2,1-2H3.